The van der Waals surface area contributed by atoms with Crippen molar-refractivity contribution in [1.29, 1.82) is 0 Å². The maximum atomic E-state index is 12.3. The van der Waals surface area contributed by atoms with Crippen LogP contribution < -0.4 is 14.4 Å². The van der Waals surface area contributed by atoms with Gasteiger partial charge in [-0.05, 0) is 25.5 Å². The molecule has 2 atom stereocenters. The zero-order valence-corrected chi connectivity index (χ0v) is 13.9. The number of rotatable bonds is 4. The molecule has 122 valence electrons. The highest BCUT2D eigenvalue weighted by Crippen LogP contribution is 2.33. The van der Waals surface area contributed by atoms with Crippen LogP contribution in [0.15, 0.2) is 24.3 Å². The van der Waals surface area contributed by atoms with E-state index in [2.05, 4.69) is 5.32 Å². The second kappa shape index (κ2) is 6.56. The number of benzene rings is 1. The van der Waals surface area contributed by atoms with Gasteiger partial charge >= 0.3 is 0 Å². The van der Waals surface area contributed by atoms with E-state index in [1.54, 1.807) is 24.3 Å². The predicted octanol–water partition coefficient (Wildman–Crippen LogP) is 1.52. The van der Waals surface area contributed by atoms with Gasteiger partial charge in [-0.2, -0.15) is 0 Å². The molecule has 6 nitrogen and oxygen atoms in total. The molecule has 7 heteroatoms. The molecule has 0 saturated heterocycles. The number of hydrogen-bond acceptors (Lipinski definition) is 4. The summed E-state index contributed by atoms with van der Waals surface area (Å²) < 4.78 is 31.0. The van der Waals surface area contributed by atoms with E-state index in [4.69, 9.17) is 4.74 Å². The van der Waals surface area contributed by atoms with Gasteiger partial charge < -0.3 is 10.1 Å². The molecule has 0 bridgehead atoms. The Morgan fingerprint density at radius 1 is 1.45 bits per heavy atom. The number of carbonyl (C=O) groups excluding carboxylic acids is 1. The summed E-state index contributed by atoms with van der Waals surface area (Å²) in [6.45, 7) is 4.12. The molecule has 1 aliphatic heterocycles. The van der Waals surface area contributed by atoms with E-state index in [0.717, 1.165) is 12.7 Å². The lowest BCUT2D eigenvalue weighted by Gasteiger charge is -2.20. The number of fused-ring (bicyclic) bond motifs is 1. The zero-order valence-electron chi connectivity index (χ0n) is 13.1. The van der Waals surface area contributed by atoms with Crippen molar-refractivity contribution in [2.24, 2.45) is 0 Å². The average Bonchev–Trinajstić information content (AvgIpc) is 2.66. The Labute approximate surface area is 131 Å². The molecular formula is C15H22N2O4S. The van der Waals surface area contributed by atoms with Crippen LogP contribution in [0.4, 0.5) is 5.69 Å². The summed E-state index contributed by atoms with van der Waals surface area (Å²) in [5.41, 5.74) is 0.476. The molecule has 2 unspecified atom stereocenters. The largest absolute Gasteiger partial charge is 0.478 e. The van der Waals surface area contributed by atoms with Crippen molar-refractivity contribution in [3.63, 3.8) is 0 Å². The van der Waals surface area contributed by atoms with Crippen LogP contribution in [0.5, 0.6) is 5.75 Å². The fraction of sp³-hybridized carbons (Fsp3) is 0.533. The summed E-state index contributed by atoms with van der Waals surface area (Å²) in [7, 11) is -3.42. The Kier molecular flexibility index (Phi) is 4.95. The normalized spacial score (nSPS) is 19.6. The minimum atomic E-state index is -3.42. The molecule has 2 rings (SSSR count). The number of sulfonamides is 1. The van der Waals surface area contributed by atoms with E-state index in [1.807, 2.05) is 13.8 Å². The van der Waals surface area contributed by atoms with Crippen LogP contribution in [0.1, 0.15) is 26.7 Å². The molecule has 0 spiro atoms. The predicted molar refractivity (Wildman–Crippen MR) is 85.6 cm³/mol. The monoisotopic (exact) mass is 326 g/mol. The van der Waals surface area contributed by atoms with Crippen LogP contribution in [-0.2, 0) is 14.8 Å². The van der Waals surface area contributed by atoms with Gasteiger partial charge in [0.1, 0.15) is 5.75 Å². The first-order valence-corrected chi connectivity index (χ1v) is 9.21. The van der Waals surface area contributed by atoms with Gasteiger partial charge in [-0.15, -0.1) is 0 Å². The first-order valence-electron chi connectivity index (χ1n) is 7.36. The van der Waals surface area contributed by atoms with Gasteiger partial charge in [0.15, 0.2) is 6.10 Å². The van der Waals surface area contributed by atoms with Gasteiger partial charge in [-0.1, -0.05) is 19.1 Å². The molecular weight excluding hydrogens is 304 g/mol. The molecule has 1 aromatic carbocycles. The van der Waals surface area contributed by atoms with Crippen LogP contribution in [-0.4, -0.2) is 39.3 Å². The van der Waals surface area contributed by atoms with Crippen LogP contribution in [0.3, 0.4) is 0 Å². The number of hydrogen-bond donors (Lipinski definition) is 1. The highest BCUT2D eigenvalue weighted by Gasteiger charge is 2.31. The van der Waals surface area contributed by atoms with Crippen molar-refractivity contribution in [3.05, 3.63) is 24.3 Å². The van der Waals surface area contributed by atoms with Crippen molar-refractivity contribution in [2.75, 3.05) is 17.1 Å². The Balaban J connectivity index is 2.28. The van der Waals surface area contributed by atoms with Gasteiger partial charge in [0.25, 0.3) is 5.91 Å². The third-order valence-corrected chi connectivity index (χ3v) is 4.87. The summed E-state index contributed by atoms with van der Waals surface area (Å²) in [6.07, 6.45) is 1.60. The van der Waals surface area contributed by atoms with Crippen LogP contribution in [0.25, 0.3) is 0 Å². The topological polar surface area (TPSA) is 75.7 Å². The number of para-hydroxylation sites is 2. The number of ether oxygens (including phenoxy) is 1. The summed E-state index contributed by atoms with van der Waals surface area (Å²) in [6, 6.07) is 6.93. The average molecular weight is 326 g/mol. The number of carbonyl (C=O) groups is 1. The zero-order chi connectivity index (χ0) is 16.3. The fourth-order valence-electron chi connectivity index (χ4n) is 2.30. The number of amides is 1. The van der Waals surface area contributed by atoms with Gasteiger partial charge in [0, 0.05) is 19.0 Å². The molecule has 0 aliphatic carbocycles. The lowest BCUT2D eigenvalue weighted by molar-refractivity contribution is -0.128. The minimum Gasteiger partial charge on any atom is -0.478 e. The van der Waals surface area contributed by atoms with E-state index in [0.29, 0.717) is 17.9 Å². The van der Waals surface area contributed by atoms with Crippen molar-refractivity contribution >= 4 is 21.6 Å². The van der Waals surface area contributed by atoms with Crippen molar-refractivity contribution < 1.29 is 17.9 Å². The van der Waals surface area contributed by atoms with Crippen molar-refractivity contribution in [1.82, 2.24) is 5.32 Å². The third kappa shape index (κ3) is 3.71. The van der Waals surface area contributed by atoms with Crippen molar-refractivity contribution in [3.8, 4) is 5.75 Å². The molecule has 0 saturated carbocycles. The number of nitrogens with one attached hydrogen (secondary N) is 1. The highest BCUT2D eigenvalue weighted by atomic mass is 32.2. The molecule has 1 heterocycles. The smallest absolute Gasteiger partial charge is 0.261 e. The van der Waals surface area contributed by atoms with E-state index in [-0.39, 0.29) is 18.5 Å². The van der Waals surface area contributed by atoms with Crippen LogP contribution in [0, 0.1) is 0 Å². The first-order chi connectivity index (χ1) is 10.3. The van der Waals surface area contributed by atoms with Gasteiger partial charge in [-0.25, -0.2) is 8.42 Å². The molecule has 0 aromatic heterocycles. The Hall–Kier alpha value is -1.76. The van der Waals surface area contributed by atoms with Crippen LogP contribution in [0.2, 0.25) is 0 Å². The number of nitrogens with zero attached hydrogens (tertiary/aromatic N) is 1. The number of anilines is 1. The second-order valence-corrected chi connectivity index (χ2v) is 7.42. The minimum absolute atomic E-state index is 0.0561. The maximum Gasteiger partial charge on any atom is 0.261 e. The molecule has 1 aliphatic rings. The van der Waals surface area contributed by atoms with E-state index in [1.165, 1.54) is 4.31 Å². The van der Waals surface area contributed by atoms with Gasteiger partial charge in [0.05, 0.1) is 11.9 Å². The Morgan fingerprint density at radius 3 is 2.77 bits per heavy atom. The first kappa shape index (κ1) is 16.6. The quantitative estimate of drug-likeness (QED) is 0.910. The van der Waals surface area contributed by atoms with E-state index < -0.39 is 16.1 Å². The third-order valence-electron chi connectivity index (χ3n) is 3.69. The second-order valence-electron chi connectivity index (χ2n) is 5.52. The van der Waals surface area contributed by atoms with E-state index in [9.17, 15) is 13.2 Å². The molecule has 1 amide bonds. The molecule has 0 radical (unpaired) electrons. The Morgan fingerprint density at radius 2 is 2.14 bits per heavy atom. The van der Waals surface area contributed by atoms with E-state index >= 15 is 0 Å². The van der Waals surface area contributed by atoms with Crippen LogP contribution >= 0.6 is 0 Å². The Bertz CT molecular complexity index is 645. The fourth-order valence-corrected chi connectivity index (χ4v) is 3.24. The summed E-state index contributed by atoms with van der Waals surface area (Å²) in [5.74, 6) is 0.203. The molecule has 1 aromatic rings. The lowest BCUT2D eigenvalue weighted by Crippen LogP contribution is -2.43. The van der Waals surface area contributed by atoms with Crippen molar-refractivity contribution in [2.45, 2.75) is 38.8 Å². The molecule has 0 fully saturated rings. The maximum absolute atomic E-state index is 12.3. The molecule has 22 heavy (non-hydrogen) atoms. The van der Waals surface area contributed by atoms with Gasteiger partial charge in [-0.3, -0.25) is 9.10 Å². The van der Waals surface area contributed by atoms with Gasteiger partial charge in [0.2, 0.25) is 10.0 Å². The summed E-state index contributed by atoms with van der Waals surface area (Å²) >= 11 is 0. The SMILES string of the molecule is CCC(C)NC(=O)C1CCN(S(C)(=O)=O)c2ccccc2O1. The lowest BCUT2D eigenvalue weighted by atomic mass is 10.2. The highest BCUT2D eigenvalue weighted by molar-refractivity contribution is 7.92. The molecule has 1 N–H and O–H groups in total. The summed E-state index contributed by atoms with van der Waals surface area (Å²) in [5, 5.41) is 2.88. The summed E-state index contributed by atoms with van der Waals surface area (Å²) in [4.78, 5) is 12.3. The standard InChI is InChI=1S/C15H22N2O4S/c1-4-11(2)16-15(18)14-9-10-17(22(3,19)20)12-7-5-6-8-13(12)21-14/h5-8,11,14H,4,9-10H2,1-3H3,(H,16,18).